The number of nitrogens with one attached hydrogen (secondary N) is 1. The van der Waals surface area contributed by atoms with Gasteiger partial charge in [0.2, 0.25) is 0 Å². The summed E-state index contributed by atoms with van der Waals surface area (Å²) in [6, 6.07) is 0.737. The molecule has 1 N–H and O–H groups in total. The van der Waals surface area contributed by atoms with Gasteiger partial charge in [-0.2, -0.15) is 0 Å². The standard InChI is InChI=1S/C13H27N3/c1-13(2)7-12(8-14-13)16(4)10-11-5-6-15(3)9-11/h11-12,14H,5-10H2,1-4H3. The van der Waals surface area contributed by atoms with Crippen molar-refractivity contribution in [2.75, 3.05) is 40.3 Å². The van der Waals surface area contributed by atoms with E-state index < -0.39 is 0 Å². The van der Waals surface area contributed by atoms with E-state index in [9.17, 15) is 0 Å². The van der Waals surface area contributed by atoms with Gasteiger partial charge in [0.1, 0.15) is 0 Å². The summed E-state index contributed by atoms with van der Waals surface area (Å²) in [6.45, 7) is 9.62. The van der Waals surface area contributed by atoms with E-state index in [0.717, 1.165) is 18.5 Å². The number of hydrogen-bond donors (Lipinski definition) is 1. The van der Waals surface area contributed by atoms with E-state index in [-0.39, 0.29) is 0 Å². The van der Waals surface area contributed by atoms with Crippen LogP contribution in [0.3, 0.4) is 0 Å². The predicted molar refractivity (Wildman–Crippen MR) is 68.7 cm³/mol. The number of rotatable bonds is 3. The van der Waals surface area contributed by atoms with Crippen molar-refractivity contribution in [3.8, 4) is 0 Å². The second kappa shape index (κ2) is 4.63. The Kier molecular flexibility index (Phi) is 3.57. The zero-order chi connectivity index (χ0) is 11.8. The maximum Gasteiger partial charge on any atom is 0.0235 e. The van der Waals surface area contributed by atoms with E-state index in [1.807, 2.05) is 0 Å². The van der Waals surface area contributed by atoms with Crippen LogP contribution in [0, 0.1) is 5.92 Å². The summed E-state index contributed by atoms with van der Waals surface area (Å²) in [4.78, 5) is 5.03. The normalized spacial score (nSPS) is 35.1. The second-order valence-electron chi connectivity index (χ2n) is 6.48. The molecule has 2 aliphatic rings. The highest BCUT2D eigenvalue weighted by atomic mass is 15.2. The van der Waals surface area contributed by atoms with E-state index in [4.69, 9.17) is 0 Å². The van der Waals surface area contributed by atoms with Crippen LogP contribution in [0.4, 0.5) is 0 Å². The van der Waals surface area contributed by atoms with Crippen LogP contribution in [-0.2, 0) is 0 Å². The van der Waals surface area contributed by atoms with Gasteiger partial charge in [0.25, 0.3) is 0 Å². The first-order chi connectivity index (χ1) is 7.46. The molecule has 0 bridgehead atoms. The summed E-state index contributed by atoms with van der Waals surface area (Å²) in [5.74, 6) is 0.888. The van der Waals surface area contributed by atoms with Crippen molar-refractivity contribution in [2.45, 2.75) is 38.3 Å². The number of likely N-dealkylation sites (tertiary alicyclic amines) is 1. The third-order valence-corrected chi connectivity index (χ3v) is 4.22. The first kappa shape index (κ1) is 12.3. The average Bonchev–Trinajstić information content (AvgIpc) is 2.72. The fraction of sp³-hybridized carbons (Fsp3) is 1.00. The Balaban J connectivity index is 1.78. The summed E-state index contributed by atoms with van der Waals surface area (Å²) < 4.78 is 0. The summed E-state index contributed by atoms with van der Waals surface area (Å²) >= 11 is 0. The molecular formula is C13H27N3. The van der Waals surface area contributed by atoms with Gasteiger partial charge in [-0.05, 0) is 53.2 Å². The van der Waals surface area contributed by atoms with Gasteiger partial charge in [-0.15, -0.1) is 0 Å². The SMILES string of the molecule is CN1CCC(CN(C)C2CNC(C)(C)C2)C1. The van der Waals surface area contributed by atoms with Gasteiger partial charge in [-0.1, -0.05) is 0 Å². The van der Waals surface area contributed by atoms with Crippen LogP contribution < -0.4 is 5.32 Å². The van der Waals surface area contributed by atoms with Gasteiger partial charge < -0.3 is 15.1 Å². The highest BCUT2D eigenvalue weighted by Crippen LogP contribution is 2.23. The Morgan fingerprint density at radius 3 is 2.69 bits per heavy atom. The summed E-state index contributed by atoms with van der Waals surface area (Å²) in [6.07, 6.45) is 2.66. The topological polar surface area (TPSA) is 18.5 Å². The van der Waals surface area contributed by atoms with Crippen LogP contribution in [0.2, 0.25) is 0 Å². The van der Waals surface area contributed by atoms with Crippen molar-refractivity contribution in [3.63, 3.8) is 0 Å². The summed E-state index contributed by atoms with van der Waals surface area (Å²) in [5, 5.41) is 3.61. The first-order valence-electron chi connectivity index (χ1n) is 6.60. The maximum atomic E-state index is 3.61. The van der Waals surface area contributed by atoms with Crippen molar-refractivity contribution in [3.05, 3.63) is 0 Å². The minimum atomic E-state index is 0.339. The van der Waals surface area contributed by atoms with Gasteiger partial charge in [0.05, 0.1) is 0 Å². The Morgan fingerprint density at radius 1 is 1.44 bits per heavy atom. The van der Waals surface area contributed by atoms with Crippen molar-refractivity contribution >= 4 is 0 Å². The molecule has 3 heteroatoms. The van der Waals surface area contributed by atoms with Crippen molar-refractivity contribution in [1.82, 2.24) is 15.1 Å². The third-order valence-electron chi connectivity index (χ3n) is 4.22. The molecule has 16 heavy (non-hydrogen) atoms. The van der Waals surface area contributed by atoms with E-state index in [1.165, 1.54) is 32.5 Å². The molecular weight excluding hydrogens is 198 g/mol. The van der Waals surface area contributed by atoms with Crippen molar-refractivity contribution in [1.29, 1.82) is 0 Å². The molecule has 0 aromatic heterocycles. The molecule has 0 saturated carbocycles. The fourth-order valence-corrected chi connectivity index (χ4v) is 3.17. The lowest BCUT2D eigenvalue weighted by Gasteiger charge is -2.27. The zero-order valence-corrected chi connectivity index (χ0v) is 11.3. The molecule has 2 aliphatic heterocycles. The van der Waals surface area contributed by atoms with E-state index >= 15 is 0 Å². The fourth-order valence-electron chi connectivity index (χ4n) is 3.17. The van der Waals surface area contributed by atoms with Crippen LogP contribution >= 0.6 is 0 Å². The predicted octanol–water partition coefficient (Wildman–Crippen LogP) is 1.01. The Bertz CT molecular complexity index is 239. The van der Waals surface area contributed by atoms with Crippen molar-refractivity contribution in [2.24, 2.45) is 5.92 Å². The van der Waals surface area contributed by atoms with E-state index in [1.54, 1.807) is 0 Å². The lowest BCUT2D eigenvalue weighted by atomic mass is 10.00. The Morgan fingerprint density at radius 2 is 2.19 bits per heavy atom. The highest BCUT2D eigenvalue weighted by molar-refractivity contribution is 4.94. The number of hydrogen-bond acceptors (Lipinski definition) is 3. The van der Waals surface area contributed by atoms with Gasteiger partial charge >= 0.3 is 0 Å². The number of nitrogens with zero attached hydrogens (tertiary/aromatic N) is 2. The van der Waals surface area contributed by atoms with Crippen LogP contribution in [0.5, 0.6) is 0 Å². The molecule has 94 valence electrons. The summed E-state index contributed by atoms with van der Waals surface area (Å²) in [5.41, 5.74) is 0.339. The Labute approximate surface area is 100 Å². The maximum absolute atomic E-state index is 3.61. The first-order valence-corrected chi connectivity index (χ1v) is 6.60. The Hall–Kier alpha value is -0.120. The second-order valence-corrected chi connectivity index (χ2v) is 6.48. The van der Waals surface area contributed by atoms with Crippen LogP contribution in [0.15, 0.2) is 0 Å². The monoisotopic (exact) mass is 225 g/mol. The smallest absolute Gasteiger partial charge is 0.0235 e. The molecule has 2 rings (SSSR count). The van der Waals surface area contributed by atoms with Crippen LogP contribution in [0.1, 0.15) is 26.7 Å². The highest BCUT2D eigenvalue weighted by Gasteiger charge is 2.33. The zero-order valence-electron chi connectivity index (χ0n) is 11.3. The molecule has 2 heterocycles. The molecule has 2 unspecified atom stereocenters. The molecule has 0 aromatic rings. The van der Waals surface area contributed by atoms with Gasteiger partial charge in [0, 0.05) is 31.2 Å². The largest absolute Gasteiger partial charge is 0.310 e. The quantitative estimate of drug-likeness (QED) is 0.773. The minimum Gasteiger partial charge on any atom is -0.310 e. The molecule has 2 atom stereocenters. The lowest BCUT2D eigenvalue weighted by molar-refractivity contribution is 0.211. The molecule has 2 saturated heterocycles. The van der Waals surface area contributed by atoms with Gasteiger partial charge in [-0.25, -0.2) is 0 Å². The van der Waals surface area contributed by atoms with E-state index in [2.05, 4.69) is 43.1 Å². The van der Waals surface area contributed by atoms with Crippen LogP contribution in [0.25, 0.3) is 0 Å². The summed E-state index contributed by atoms with van der Waals surface area (Å²) in [7, 11) is 4.53. The molecule has 0 spiro atoms. The molecule has 0 aromatic carbocycles. The minimum absolute atomic E-state index is 0.339. The van der Waals surface area contributed by atoms with E-state index in [0.29, 0.717) is 5.54 Å². The molecule has 0 radical (unpaired) electrons. The van der Waals surface area contributed by atoms with Crippen molar-refractivity contribution < 1.29 is 0 Å². The lowest BCUT2D eigenvalue weighted by Crippen LogP contribution is -2.37. The molecule has 0 amide bonds. The third kappa shape index (κ3) is 2.96. The van der Waals surface area contributed by atoms with Crippen LogP contribution in [-0.4, -0.2) is 61.7 Å². The van der Waals surface area contributed by atoms with Gasteiger partial charge in [-0.3, -0.25) is 0 Å². The molecule has 3 nitrogen and oxygen atoms in total. The van der Waals surface area contributed by atoms with Gasteiger partial charge in [0.15, 0.2) is 0 Å². The average molecular weight is 225 g/mol. The number of likely N-dealkylation sites (N-methyl/N-ethyl adjacent to an activating group) is 1. The molecule has 0 aliphatic carbocycles. The molecule has 2 fully saturated rings.